The number of rotatable bonds is 7. The molecule has 0 aromatic carbocycles. The predicted molar refractivity (Wildman–Crippen MR) is 108 cm³/mol. The quantitative estimate of drug-likeness (QED) is 0.203. The Labute approximate surface area is 157 Å². The topological polar surface area (TPSA) is 75.3 Å². The van der Waals surface area contributed by atoms with E-state index in [-0.39, 0.29) is 24.0 Å². The minimum atomic E-state index is 0. The maximum atomic E-state index is 5.97. The summed E-state index contributed by atoms with van der Waals surface area (Å²) in [6.07, 6.45) is 11.7. The van der Waals surface area contributed by atoms with Gasteiger partial charge in [-0.15, -0.1) is 24.0 Å². The van der Waals surface area contributed by atoms with Crippen LogP contribution in [0.15, 0.2) is 29.4 Å². The maximum absolute atomic E-state index is 5.97. The van der Waals surface area contributed by atoms with Crippen LogP contribution in [0.3, 0.4) is 0 Å². The molecule has 0 unspecified atom stereocenters. The van der Waals surface area contributed by atoms with Crippen LogP contribution in [0.25, 0.3) is 0 Å². The van der Waals surface area contributed by atoms with Gasteiger partial charge in [0.25, 0.3) is 0 Å². The van der Waals surface area contributed by atoms with Crippen LogP contribution in [-0.2, 0) is 0 Å². The zero-order chi connectivity index (χ0) is 15.5. The number of hydrogen-bond donors (Lipinski definition) is 3. The summed E-state index contributed by atoms with van der Waals surface area (Å²) < 4.78 is 0. The summed E-state index contributed by atoms with van der Waals surface area (Å²) in [5.41, 5.74) is 5.97. The van der Waals surface area contributed by atoms with Gasteiger partial charge < -0.3 is 16.4 Å². The Balaban J connectivity index is 0.00000264. The van der Waals surface area contributed by atoms with Crippen molar-refractivity contribution in [2.75, 3.05) is 18.4 Å². The summed E-state index contributed by atoms with van der Waals surface area (Å²) in [4.78, 5) is 8.66. The molecule has 1 aromatic rings. The molecule has 0 bridgehead atoms. The third-order valence-electron chi connectivity index (χ3n) is 4.05. The highest BCUT2D eigenvalue weighted by atomic mass is 127. The van der Waals surface area contributed by atoms with Crippen molar-refractivity contribution in [1.29, 1.82) is 0 Å². The predicted octanol–water partition coefficient (Wildman–Crippen LogP) is 3.52. The number of nitrogens with one attached hydrogen (secondary N) is 2. The van der Waals surface area contributed by atoms with Crippen molar-refractivity contribution in [3.05, 3.63) is 24.4 Å². The van der Waals surface area contributed by atoms with Crippen molar-refractivity contribution in [2.24, 2.45) is 10.7 Å². The van der Waals surface area contributed by atoms with Gasteiger partial charge in [-0.25, -0.2) is 4.98 Å². The molecule has 0 radical (unpaired) electrons. The molecule has 0 saturated heterocycles. The molecule has 1 aliphatic carbocycles. The number of aromatic nitrogens is 1. The Morgan fingerprint density at radius 2 is 1.96 bits per heavy atom. The van der Waals surface area contributed by atoms with Gasteiger partial charge in [-0.1, -0.05) is 31.7 Å². The molecule has 4 N–H and O–H groups in total. The molecule has 1 heterocycles. The van der Waals surface area contributed by atoms with Gasteiger partial charge in [-0.05, 0) is 37.8 Å². The van der Waals surface area contributed by atoms with E-state index in [0.717, 1.165) is 31.7 Å². The molecule has 0 atom stereocenters. The van der Waals surface area contributed by atoms with Crippen molar-refractivity contribution < 1.29 is 0 Å². The lowest BCUT2D eigenvalue weighted by Gasteiger charge is -2.16. The summed E-state index contributed by atoms with van der Waals surface area (Å²) in [6, 6.07) is 6.41. The molecule has 5 nitrogen and oxygen atoms in total. The SMILES string of the molecule is I.NC(=NCCCCNc1ccccn1)NC1CCCCCC1. The first-order valence-electron chi connectivity index (χ1n) is 8.56. The number of anilines is 1. The van der Waals surface area contributed by atoms with Gasteiger partial charge >= 0.3 is 0 Å². The fourth-order valence-electron chi connectivity index (χ4n) is 2.80. The monoisotopic (exact) mass is 431 g/mol. The summed E-state index contributed by atoms with van der Waals surface area (Å²) in [5.74, 6) is 1.55. The summed E-state index contributed by atoms with van der Waals surface area (Å²) in [7, 11) is 0. The first-order valence-corrected chi connectivity index (χ1v) is 8.56. The van der Waals surface area contributed by atoms with Crippen LogP contribution in [0.5, 0.6) is 0 Å². The molecular formula is C17H30IN5. The summed E-state index contributed by atoms with van der Waals surface area (Å²) >= 11 is 0. The third-order valence-corrected chi connectivity index (χ3v) is 4.05. The Hall–Kier alpha value is -1.05. The molecule has 0 spiro atoms. The highest BCUT2D eigenvalue weighted by Gasteiger charge is 2.11. The number of pyridine rings is 1. The number of unbranched alkanes of at least 4 members (excludes halogenated alkanes) is 1. The van der Waals surface area contributed by atoms with Crippen molar-refractivity contribution >= 4 is 35.8 Å². The molecule has 1 aliphatic rings. The number of nitrogens with two attached hydrogens (primary N) is 1. The Kier molecular flexibility index (Phi) is 10.8. The van der Waals surface area contributed by atoms with E-state index in [0.29, 0.717) is 12.0 Å². The summed E-state index contributed by atoms with van der Waals surface area (Å²) in [6.45, 7) is 1.71. The molecule has 6 heteroatoms. The van der Waals surface area contributed by atoms with Crippen molar-refractivity contribution in [3.8, 4) is 0 Å². The van der Waals surface area contributed by atoms with Crippen molar-refractivity contribution in [3.63, 3.8) is 0 Å². The Bertz CT molecular complexity index is 430. The molecule has 1 saturated carbocycles. The summed E-state index contributed by atoms with van der Waals surface area (Å²) in [5, 5.41) is 6.68. The van der Waals surface area contributed by atoms with E-state index in [1.165, 1.54) is 38.5 Å². The van der Waals surface area contributed by atoms with Crippen molar-refractivity contribution in [2.45, 2.75) is 57.4 Å². The minimum absolute atomic E-state index is 0. The van der Waals surface area contributed by atoms with E-state index >= 15 is 0 Å². The molecule has 130 valence electrons. The largest absolute Gasteiger partial charge is 0.370 e. The third kappa shape index (κ3) is 8.98. The molecular weight excluding hydrogens is 401 g/mol. The second kappa shape index (κ2) is 12.4. The lowest BCUT2D eigenvalue weighted by molar-refractivity contribution is 0.530. The Morgan fingerprint density at radius 3 is 2.65 bits per heavy atom. The molecule has 0 amide bonds. The van der Waals surface area contributed by atoms with Gasteiger partial charge in [-0.3, -0.25) is 4.99 Å². The van der Waals surface area contributed by atoms with Gasteiger partial charge in [0.15, 0.2) is 5.96 Å². The van der Waals surface area contributed by atoms with Crippen LogP contribution < -0.4 is 16.4 Å². The Morgan fingerprint density at radius 1 is 1.17 bits per heavy atom. The average molecular weight is 431 g/mol. The number of halogens is 1. The zero-order valence-electron chi connectivity index (χ0n) is 13.8. The second-order valence-electron chi connectivity index (χ2n) is 5.95. The fraction of sp³-hybridized carbons (Fsp3) is 0.647. The number of guanidine groups is 1. The maximum Gasteiger partial charge on any atom is 0.188 e. The normalized spacial score (nSPS) is 16.3. The average Bonchev–Trinajstić information content (AvgIpc) is 2.80. The zero-order valence-corrected chi connectivity index (χ0v) is 16.2. The fourth-order valence-corrected chi connectivity index (χ4v) is 2.80. The first kappa shape index (κ1) is 20.0. The minimum Gasteiger partial charge on any atom is -0.370 e. The van der Waals surface area contributed by atoms with Crippen LogP contribution in [0.2, 0.25) is 0 Å². The van der Waals surface area contributed by atoms with Crippen LogP contribution in [0.1, 0.15) is 51.4 Å². The lowest BCUT2D eigenvalue weighted by atomic mass is 10.1. The lowest BCUT2D eigenvalue weighted by Crippen LogP contribution is -2.39. The van der Waals surface area contributed by atoms with E-state index in [4.69, 9.17) is 5.73 Å². The molecule has 1 aromatic heterocycles. The second-order valence-corrected chi connectivity index (χ2v) is 5.95. The van der Waals surface area contributed by atoms with Gasteiger partial charge in [-0.2, -0.15) is 0 Å². The van der Waals surface area contributed by atoms with E-state index < -0.39 is 0 Å². The molecule has 1 fully saturated rings. The van der Waals surface area contributed by atoms with Crippen molar-refractivity contribution in [1.82, 2.24) is 10.3 Å². The van der Waals surface area contributed by atoms with Crippen LogP contribution in [-0.4, -0.2) is 30.1 Å². The number of aliphatic imine (C=N–C) groups is 1. The number of hydrogen-bond acceptors (Lipinski definition) is 3. The van der Waals surface area contributed by atoms with E-state index in [1.807, 2.05) is 18.2 Å². The van der Waals surface area contributed by atoms with Gasteiger partial charge in [0.2, 0.25) is 0 Å². The standard InChI is InChI=1S/C17H29N5.HI/c18-17(22-15-9-3-1-2-4-10-15)21-14-8-7-13-20-16-11-5-6-12-19-16;/h5-6,11-12,15H,1-4,7-10,13-14H2,(H,19,20)(H3,18,21,22);1H. The van der Waals surface area contributed by atoms with Crippen LogP contribution >= 0.6 is 24.0 Å². The highest BCUT2D eigenvalue weighted by molar-refractivity contribution is 14.0. The van der Waals surface area contributed by atoms with Gasteiger partial charge in [0, 0.05) is 25.3 Å². The molecule has 23 heavy (non-hydrogen) atoms. The van der Waals surface area contributed by atoms with Gasteiger partial charge in [0.1, 0.15) is 5.82 Å². The smallest absolute Gasteiger partial charge is 0.188 e. The first-order chi connectivity index (χ1) is 10.8. The van der Waals surface area contributed by atoms with E-state index in [1.54, 1.807) is 6.20 Å². The van der Waals surface area contributed by atoms with E-state index in [9.17, 15) is 0 Å². The highest BCUT2D eigenvalue weighted by Crippen LogP contribution is 2.16. The molecule has 0 aliphatic heterocycles. The van der Waals surface area contributed by atoms with E-state index in [2.05, 4.69) is 20.6 Å². The number of nitrogens with zero attached hydrogens (tertiary/aromatic N) is 2. The van der Waals surface area contributed by atoms with Crippen LogP contribution in [0, 0.1) is 0 Å². The van der Waals surface area contributed by atoms with Gasteiger partial charge in [0.05, 0.1) is 0 Å². The molecule has 2 rings (SSSR count). The van der Waals surface area contributed by atoms with Crippen LogP contribution in [0.4, 0.5) is 5.82 Å².